The number of nitrogens with zero attached hydrogens (tertiary/aromatic N) is 2. The van der Waals surface area contributed by atoms with Crippen molar-refractivity contribution in [1.82, 2.24) is 9.55 Å². The van der Waals surface area contributed by atoms with Gasteiger partial charge in [0, 0.05) is 0 Å². The summed E-state index contributed by atoms with van der Waals surface area (Å²) in [7, 11) is 0. The van der Waals surface area contributed by atoms with Gasteiger partial charge in [0.05, 0.1) is 6.04 Å². The molecule has 0 amide bonds. The molecule has 1 aromatic carbocycles. The number of benzene rings is 1. The average molecular weight is 305 g/mol. The maximum absolute atomic E-state index is 13.0. The number of aromatic nitrogens is 2. The van der Waals surface area contributed by atoms with Crippen LogP contribution in [0.5, 0.6) is 5.88 Å². The van der Waals surface area contributed by atoms with Crippen LogP contribution in [0.3, 0.4) is 0 Å². The molecule has 114 valence electrons. The molecule has 2 aromatic rings. The molecule has 1 aliphatic rings. The first-order valence-corrected chi connectivity index (χ1v) is 6.50. The smallest absolute Gasteiger partial charge is 0.323 e. The molecule has 0 bridgehead atoms. The molecule has 0 saturated carbocycles. The van der Waals surface area contributed by atoms with Crippen molar-refractivity contribution in [3.8, 4) is 5.88 Å². The Labute approximate surface area is 124 Å². The number of carbonyl (C=O) groups is 1. The summed E-state index contributed by atoms with van der Waals surface area (Å²) < 4.78 is 19.4. The van der Waals surface area contributed by atoms with Crippen molar-refractivity contribution in [1.29, 1.82) is 0 Å². The van der Waals surface area contributed by atoms with Gasteiger partial charge >= 0.3 is 5.97 Å². The number of ether oxygens (including phenoxy) is 1. The van der Waals surface area contributed by atoms with E-state index in [1.807, 2.05) is 0 Å². The lowest BCUT2D eigenvalue weighted by molar-refractivity contribution is -0.137. The van der Waals surface area contributed by atoms with Crippen molar-refractivity contribution in [3.63, 3.8) is 0 Å². The largest absolute Gasteiger partial charge is 0.480 e. The molecule has 22 heavy (non-hydrogen) atoms. The molecular formula is C14H12FN3O4. The Morgan fingerprint density at radius 2 is 2.18 bits per heavy atom. The van der Waals surface area contributed by atoms with Gasteiger partial charge in [-0.3, -0.25) is 14.2 Å². The fourth-order valence-electron chi connectivity index (χ4n) is 2.22. The maximum atomic E-state index is 13.0. The number of rotatable bonds is 3. The van der Waals surface area contributed by atoms with Gasteiger partial charge in [-0.15, -0.1) is 0 Å². The van der Waals surface area contributed by atoms with E-state index in [0.717, 1.165) is 16.5 Å². The van der Waals surface area contributed by atoms with Crippen molar-refractivity contribution < 1.29 is 19.0 Å². The van der Waals surface area contributed by atoms with Crippen LogP contribution in [0.15, 0.2) is 35.4 Å². The van der Waals surface area contributed by atoms with Gasteiger partial charge < -0.3 is 15.2 Å². The number of aliphatic carboxylic acids is 1. The van der Waals surface area contributed by atoms with Crippen LogP contribution in [0.2, 0.25) is 0 Å². The summed E-state index contributed by atoms with van der Waals surface area (Å²) in [6, 6.07) is 5.47. The number of halogens is 1. The van der Waals surface area contributed by atoms with Gasteiger partial charge in [0.25, 0.3) is 5.56 Å². The minimum absolute atomic E-state index is 0.101. The van der Waals surface area contributed by atoms with Crippen molar-refractivity contribution in [2.75, 3.05) is 11.9 Å². The van der Waals surface area contributed by atoms with E-state index in [2.05, 4.69) is 10.3 Å². The minimum Gasteiger partial charge on any atom is -0.480 e. The van der Waals surface area contributed by atoms with Crippen molar-refractivity contribution in [3.05, 3.63) is 52.3 Å². The summed E-state index contributed by atoms with van der Waals surface area (Å²) in [6.45, 7) is -0.254. The molecule has 0 aliphatic carbocycles. The standard InChI is InChI=1S/C14H12FN3O4/c15-9-3-1-8(2-4-9)10-6-22-13-12(17-10)14(21)18(7-16-13)5-11(19)20/h1-4,7,10,17H,5-6H2,(H,19,20)/t10-/m0/s1. The third-order valence-corrected chi connectivity index (χ3v) is 3.29. The molecule has 1 aromatic heterocycles. The molecule has 0 radical (unpaired) electrons. The second kappa shape index (κ2) is 5.47. The van der Waals surface area contributed by atoms with Crippen LogP contribution in [-0.2, 0) is 11.3 Å². The second-order valence-corrected chi connectivity index (χ2v) is 4.81. The third-order valence-electron chi connectivity index (χ3n) is 3.29. The number of anilines is 1. The Kier molecular flexibility index (Phi) is 3.50. The van der Waals surface area contributed by atoms with Crippen molar-refractivity contribution >= 4 is 11.7 Å². The molecule has 0 unspecified atom stereocenters. The third kappa shape index (κ3) is 2.62. The quantitative estimate of drug-likeness (QED) is 0.879. The van der Waals surface area contributed by atoms with Gasteiger partial charge in [-0.1, -0.05) is 12.1 Å². The summed E-state index contributed by atoms with van der Waals surface area (Å²) in [6.07, 6.45) is 1.13. The van der Waals surface area contributed by atoms with Crippen LogP contribution >= 0.6 is 0 Å². The van der Waals surface area contributed by atoms with Gasteiger partial charge in [-0.25, -0.2) is 9.37 Å². The van der Waals surface area contributed by atoms with Crippen LogP contribution in [0.4, 0.5) is 10.1 Å². The first-order chi connectivity index (χ1) is 10.5. The molecular weight excluding hydrogens is 293 g/mol. The van der Waals surface area contributed by atoms with Gasteiger partial charge in [-0.2, -0.15) is 0 Å². The van der Waals surface area contributed by atoms with Gasteiger partial charge in [0.15, 0.2) is 5.69 Å². The van der Waals surface area contributed by atoms with E-state index in [9.17, 15) is 14.0 Å². The monoisotopic (exact) mass is 305 g/mol. The zero-order valence-corrected chi connectivity index (χ0v) is 11.3. The summed E-state index contributed by atoms with van der Waals surface area (Å²) in [5.74, 6) is -1.37. The summed E-state index contributed by atoms with van der Waals surface area (Å²) in [5, 5.41) is 11.8. The average Bonchev–Trinajstić information content (AvgIpc) is 2.50. The predicted molar refractivity (Wildman–Crippen MR) is 74.4 cm³/mol. The highest BCUT2D eigenvalue weighted by Crippen LogP contribution is 2.28. The molecule has 1 aliphatic heterocycles. The SMILES string of the molecule is O=C(O)Cn1cnc2c(c1=O)N[C@H](c1ccc(F)cc1)CO2. The van der Waals surface area contributed by atoms with Gasteiger partial charge in [-0.05, 0) is 17.7 Å². The molecule has 2 N–H and O–H groups in total. The number of hydrogen-bond acceptors (Lipinski definition) is 5. The second-order valence-electron chi connectivity index (χ2n) is 4.81. The molecule has 7 nitrogen and oxygen atoms in total. The molecule has 0 fully saturated rings. The Bertz CT molecular complexity index is 773. The molecule has 3 rings (SSSR count). The molecule has 0 saturated heterocycles. The topological polar surface area (TPSA) is 93.5 Å². The highest BCUT2D eigenvalue weighted by Gasteiger charge is 2.25. The normalized spacial score (nSPS) is 16.3. The molecule has 0 spiro atoms. The van der Waals surface area contributed by atoms with E-state index < -0.39 is 18.1 Å². The van der Waals surface area contributed by atoms with E-state index in [-0.39, 0.29) is 30.0 Å². The van der Waals surface area contributed by atoms with Crippen molar-refractivity contribution in [2.45, 2.75) is 12.6 Å². The summed E-state index contributed by atoms with van der Waals surface area (Å²) in [5.41, 5.74) is 0.323. The van der Waals surface area contributed by atoms with Crippen LogP contribution in [-0.4, -0.2) is 27.2 Å². The Morgan fingerprint density at radius 3 is 2.86 bits per heavy atom. The van der Waals surface area contributed by atoms with Gasteiger partial charge in [0.1, 0.15) is 25.3 Å². The highest BCUT2D eigenvalue weighted by atomic mass is 19.1. The number of nitrogens with one attached hydrogen (secondary N) is 1. The number of fused-ring (bicyclic) bond motifs is 1. The van der Waals surface area contributed by atoms with E-state index in [1.54, 1.807) is 12.1 Å². The van der Waals surface area contributed by atoms with Gasteiger partial charge in [0.2, 0.25) is 5.88 Å². The maximum Gasteiger partial charge on any atom is 0.323 e. The van der Waals surface area contributed by atoms with Crippen LogP contribution in [0.25, 0.3) is 0 Å². The summed E-state index contributed by atoms with van der Waals surface area (Å²) in [4.78, 5) is 26.9. The lowest BCUT2D eigenvalue weighted by Crippen LogP contribution is -2.33. The number of carboxylic acids is 1. The molecule has 1 atom stereocenters. The predicted octanol–water partition coefficient (Wildman–Crippen LogP) is 1.01. The summed E-state index contributed by atoms with van der Waals surface area (Å²) >= 11 is 0. The van der Waals surface area contributed by atoms with Crippen molar-refractivity contribution in [2.24, 2.45) is 0 Å². The Balaban J connectivity index is 1.92. The van der Waals surface area contributed by atoms with E-state index in [1.165, 1.54) is 12.1 Å². The molecule has 2 heterocycles. The van der Waals surface area contributed by atoms with E-state index >= 15 is 0 Å². The first-order valence-electron chi connectivity index (χ1n) is 6.50. The van der Waals surface area contributed by atoms with E-state index in [4.69, 9.17) is 9.84 Å². The zero-order chi connectivity index (χ0) is 15.7. The number of carboxylic acid groups (broad SMARTS) is 1. The lowest BCUT2D eigenvalue weighted by Gasteiger charge is -2.26. The van der Waals surface area contributed by atoms with Crippen LogP contribution in [0, 0.1) is 5.82 Å². The lowest BCUT2D eigenvalue weighted by atomic mass is 10.1. The number of hydrogen-bond donors (Lipinski definition) is 2. The van der Waals surface area contributed by atoms with E-state index in [0.29, 0.717) is 0 Å². The Morgan fingerprint density at radius 1 is 1.45 bits per heavy atom. The minimum atomic E-state index is -1.14. The molecule has 8 heteroatoms. The fourth-order valence-corrected chi connectivity index (χ4v) is 2.22. The van der Waals surface area contributed by atoms with Crippen LogP contribution in [0.1, 0.15) is 11.6 Å². The fraction of sp³-hybridized carbons (Fsp3) is 0.214. The first kappa shape index (κ1) is 14.1. The zero-order valence-electron chi connectivity index (χ0n) is 11.3. The Hall–Kier alpha value is -2.90. The highest BCUT2D eigenvalue weighted by molar-refractivity contribution is 5.67. The van der Waals surface area contributed by atoms with Crippen LogP contribution < -0.4 is 15.6 Å².